The van der Waals surface area contributed by atoms with E-state index in [9.17, 15) is 9.59 Å². The number of hydrogen-bond acceptors (Lipinski definition) is 3. The molecule has 6 heteroatoms. The molecule has 2 heterocycles. The van der Waals surface area contributed by atoms with Crippen LogP contribution in [0.1, 0.15) is 35.7 Å². The predicted molar refractivity (Wildman–Crippen MR) is 97.4 cm³/mol. The van der Waals surface area contributed by atoms with E-state index in [-0.39, 0.29) is 11.9 Å². The molecule has 1 aromatic carbocycles. The van der Waals surface area contributed by atoms with E-state index in [0.717, 1.165) is 31.6 Å². The van der Waals surface area contributed by atoms with Crippen LogP contribution in [0.5, 0.6) is 0 Å². The van der Waals surface area contributed by atoms with Crippen LogP contribution in [-0.4, -0.2) is 61.0 Å². The van der Waals surface area contributed by atoms with Crippen molar-refractivity contribution in [3.63, 3.8) is 0 Å². The van der Waals surface area contributed by atoms with Crippen molar-refractivity contribution >= 4 is 11.9 Å². The van der Waals surface area contributed by atoms with Gasteiger partial charge in [0, 0.05) is 37.8 Å². The van der Waals surface area contributed by atoms with Crippen molar-refractivity contribution in [2.45, 2.75) is 32.4 Å². The number of carbonyl (C=O) groups is 2. The second-order valence-corrected chi connectivity index (χ2v) is 7.08. The highest BCUT2D eigenvalue weighted by Crippen LogP contribution is 2.31. The standard InChI is InChI=1S/C19H28N4O2/c1-3-20-18(24)16-6-4-14(5-7-16)12-21-19(25)23-11-9-15-8-10-22(2)13-17(15)23/h4-7,15,17H,3,8-13H2,1-2H3,(H,20,24)(H,21,25)/t15-,17-/m0/s1. The molecule has 0 spiro atoms. The number of likely N-dealkylation sites (N-methyl/N-ethyl adjacent to an activating group) is 1. The Kier molecular flexibility index (Phi) is 5.58. The van der Waals surface area contributed by atoms with E-state index in [2.05, 4.69) is 22.6 Å². The summed E-state index contributed by atoms with van der Waals surface area (Å²) in [5.74, 6) is 0.584. The van der Waals surface area contributed by atoms with Crippen LogP contribution in [0.4, 0.5) is 4.79 Å². The van der Waals surface area contributed by atoms with Crippen molar-refractivity contribution in [1.82, 2.24) is 20.4 Å². The van der Waals surface area contributed by atoms with Gasteiger partial charge >= 0.3 is 6.03 Å². The first kappa shape index (κ1) is 17.7. The Balaban J connectivity index is 1.53. The smallest absolute Gasteiger partial charge is 0.317 e. The zero-order valence-corrected chi connectivity index (χ0v) is 15.1. The van der Waals surface area contributed by atoms with E-state index in [4.69, 9.17) is 0 Å². The third-order valence-electron chi connectivity index (χ3n) is 5.32. The van der Waals surface area contributed by atoms with E-state index < -0.39 is 0 Å². The van der Waals surface area contributed by atoms with Gasteiger partial charge in [0.25, 0.3) is 5.91 Å². The first-order valence-corrected chi connectivity index (χ1v) is 9.18. The molecular weight excluding hydrogens is 316 g/mol. The lowest BCUT2D eigenvalue weighted by molar-refractivity contribution is 0.0955. The number of hydrogen-bond donors (Lipinski definition) is 2. The summed E-state index contributed by atoms with van der Waals surface area (Å²) < 4.78 is 0. The summed E-state index contributed by atoms with van der Waals surface area (Å²) in [5.41, 5.74) is 1.64. The van der Waals surface area contributed by atoms with Gasteiger partial charge in [0.2, 0.25) is 0 Å². The molecule has 2 fully saturated rings. The SMILES string of the molecule is CCNC(=O)c1ccc(CNC(=O)N2CC[C@@H]3CCN(C)C[C@@H]32)cc1. The fraction of sp³-hybridized carbons (Fsp3) is 0.579. The van der Waals surface area contributed by atoms with Crippen LogP contribution in [0.3, 0.4) is 0 Å². The zero-order valence-electron chi connectivity index (χ0n) is 15.1. The van der Waals surface area contributed by atoms with Crippen LogP contribution in [-0.2, 0) is 6.54 Å². The number of urea groups is 1. The maximum absolute atomic E-state index is 12.6. The van der Waals surface area contributed by atoms with Crippen molar-refractivity contribution < 1.29 is 9.59 Å². The zero-order chi connectivity index (χ0) is 17.8. The monoisotopic (exact) mass is 344 g/mol. The molecule has 1 aromatic rings. The second kappa shape index (κ2) is 7.87. The highest BCUT2D eigenvalue weighted by molar-refractivity contribution is 5.94. The van der Waals surface area contributed by atoms with Crippen molar-refractivity contribution in [3.05, 3.63) is 35.4 Å². The Bertz CT molecular complexity index is 616. The molecule has 0 aromatic heterocycles. The van der Waals surface area contributed by atoms with Gasteiger partial charge in [-0.1, -0.05) is 12.1 Å². The first-order valence-electron chi connectivity index (χ1n) is 9.18. The normalized spacial score (nSPS) is 23.2. The van der Waals surface area contributed by atoms with Crippen LogP contribution < -0.4 is 10.6 Å². The van der Waals surface area contributed by atoms with Gasteiger partial charge in [-0.15, -0.1) is 0 Å². The van der Waals surface area contributed by atoms with Gasteiger partial charge in [0.1, 0.15) is 0 Å². The lowest BCUT2D eigenvalue weighted by Crippen LogP contribution is -2.51. The maximum atomic E-state index is 12.6. The number of amides is 3. The average Bonchev–Trinajstić information content (AvgIpc) is 3.03. The van der Waals surface area contributed by atoms with E-state index in [1.54, 1.807) is 12.1 Å². The molecule has 3 amide bonds. The molecule has 2 saturated heterocycles. The van der Waals surface area contributed by atoms with Crippen LogP contribution in [0.15, 0.2) is 24.3 Å². The third-order valence-corrected chi connectivity index (χ3v) is 5.32. The molecule has 0 aliphatic carbocycles. The van der Waals surface area contributed by atoms with Crippen LogP contribution in [0.2, 0.25) is 0 Å². The number of piperidine rings is 1. The minimum absolute atomic E-state index is 0.0237. The number of likely N-dealkylation sites (tertiary alicyclic amines) is 2. The van der Waals surface area contributed by atoms with Crippen molar-refractivity contribution in [2.24, 2.45) is 5.92 Å². The molecule has 0 saturated carbocycles. The number of rotatable bonds is 4. The number of carbonyl (C=O) groups excluding carboxylic acids is 2. The van der Waals surface area contributed by atoms with E-state index in [0.29, 0.717) is 30.6 Å². The van der Waals surface area contributed by atoms with Crippen LogP contribution >= 0.6 is 0 Å². The summed E-state index contributed by atoms with van der Waals surface area (Å²) in [6, 6.07) is 7.76. The average molecular weight is 344 g/mol. The molecule has 136 valence electrons. The number of fused-ring (bicyclic) bond motifs is 1. The Morgan fingerprint density at radius 1 is 1.12 bits per heavy atom. The minimum atomic E-state index is -0.0670. The van der Waals surface area contributed by atoms with Crippen molar-refractivity contribution in [1.29, 1.82) is 0 Å². The molecule has 3 rings (SSSR count). The third kappa shape index (κ3) is 4.12. The summed E-state index contributed by atoms with van der Waals surface area (Å²) in [5, 5.41) is 5.81. The Morgan fingerprint density at radius 2 is 1.84 bits per heavy atom. The van der Waals surface area contributed by atoms with Gasteiger partial charge in [-0.25, -0.2) is 4.79 Å². The lowest BCUT2D eigenvalue weighted by Gasteiger charge is -2.36. The Labute approximate surface area is 149 Å². The Hall–Kier alpha value is -2.08. The molecule has 6 nitrogen and oxygen atoms in total. The summed E-state index contributed by atoms with van der Waals surface area (Å²) in [6.45, 7) is 5.95. The number of nitrogens with one attached hydrogen (secondary N) is 2. The summed E-state index contributed by atoms with van der Waals surface area (Å²) in [7, 11) is 2.13. The van der Waals surface area contributed by atoms with Gasteiger partial charge in [-0.2, -0.15) is 0 Å². The van der Waals surface area contributed by atoms with Crippen LogP contribution in [0, 0.1) is 5.92 Å². The molecule has 2 N–H and O–H groups in total. The fourth-order valence-corrected chi connectivity index (χ4v) is 3.87. The van der Waals surface area contributed by atoms with Gasteiger partial charge in [0.05, 0.1) is 0 Å². The molecule has 2 aliphatic rings. The molecule has 2 atom stereocenters. The maximum Gasteiger partial charge on any atom is 0.317 e. The predicted octanol–water partition coefficient (Wildman–Crippen LogP) is 1.67. The van der Waals surface area contributed by atoms with Crippen LogP contribution in [0.25, 0.3) is 0 Å². The minimum Gasteiger partial charge on any atom is -0.352 e. The largest absolute Gasteiger partial charge is 0.352 e. The van der Waals surface area contributed by atoms with E-state index in [1.165, 1.54) is 6.42 Å². The lowest BCUT2D eigenvalue weighted by atomic mass is 9.92. The summed E-state index contributed by atoms with van der Waals surface area (Å²) in [6.07, 6.45) is 2.30. The molecule has 2 aliphatic heterocycles. The molecule has 0 radical (unpaired) electrons. The number of nitrogens with zero attached hydrogens (tertiary/aromatic N) is 2. The highest BCUT2D eigenvalue weighted by atomic mass is 16.2. The Morgan fingerprint density at radius 3 is 2.56 bits per heavy atom. The molecule has 0 unspecified atom stereocenters. The highest BCUT2D eigenvalue weighted by Gasteiger charge is 2.39. The van der Waals surface area contributed by atoms with Gasteiger partial charge < -0.3 is 20.4 Å². The van der Waals surface area contributed by atoms with Gasteiger partial charge in [-0.3, -0.25) is 4.79 Å². The summed E-state index contributed by atoms with van der Waals surface area (Å²) >= 11 is 0. The molecular formula is C19H28N4O2. The first-order chi connectivity index (χ1) is 12.1. The summed E-state index contributed by atoms with van der Waals surface area (Å²) in [4.78, 5) is 28.7. The topological polar surface area (TPSA) is 64.7 Å². The second-order valence-electron chi connectivity index (χ2n) is 7.08. The van der Waals surface area contributed by atoms with Crippen molar-refractivity contribution in [3.8, 4) is 0 Å². The van der Waals surface area contributed by atoms with E-state index >= 15 is 0 Å². The van der Waals surface area contributed by atoms with Crippen molar-refractivity contribution in [2.75, 3.05) is 33.2 Å². The molecule has 25 heavy (non-hydrogen) atoms. The van der Waals surface area contributed by atoms with E-state index in [1.807, 2.05) is 24.0 Å². The fourth-order valence-electron chi connectivity index (χ4n) is 3.87. The molecule has 0 bridgehead atoms. The van der Waals surface area contributed by atoms with Gasteiger partial charge in [0.15, 0.2) is 0 Å². The van der Waals surface area contributed by atoms with Gasteiger partial charge in [-0.05, 0) is 57.0 Å². The quantitative estimate of drug-likeness (QED) is 0.873. The number of benzene rings is 1.